The van der Waals surface area contributed by atoms with E-state index in [4.69, 9.17) is 9.47 Å². The van der Waals surface area contributed by atoms with Gasteiger partial charge in [-0.2, -0.15) is 0 Å². The monoisotopic (exact) mass is 373 g/mol. The number of thiazole rings is 1. The van der Waals surface area contributed by atoms with Crippen molar-refractivity contribution in [2.75, 3.05) is 19.5 Å². The van der Waals surface area contributed by atoms with Gasteiger partial charge in [0.1, 0.15) is 5.69 Å². The van der Waals surface area contributed by atoms with Crippen molar-refractivity contribution in [3.63, 3.8) is 0 Å². The highest BCUT2D eigenvalue weighted by atomic mass is 32.1. The molecule has 7 nitrogen and oxygen atoms in total. The Kier molecular flexibility index (Phi) is 4.94. The molecule has 1 amide bonds. The predicted molar refractivity (Wildman–Crippen MR) is 101 cm³/mol. The number of nitrogens with one attached hydrogen (secondary N) is 1. The van der Waals surface area contributed by atoms with Gasteiger partial charge in [0.25, 0.3) is 11.5 Å². The molecule has 26 heavy (non-hydrogen) atoms. The molecule has 8 heteroatoms. The van der Waals surface area contributed by atoms with E-state index in [1.165, 1.54) is 25.6 Å². The van der Waals surface area contributed by atoms with Crippen LogP contribution < -0.4 is 20.3 Å². The van der Waals surface area contributed by atoms with Crippen molar-refractivity contribution in [1.29, 1.82) is 0 Å². The second-order valence-electron chi connectivity index (χ2n) is 5.60. The van der Waals surface area contributed by atoms with Crippen molar-refractivity contribution in [2.45, 2.75) is 20.3 Å². The van der Waals surface area contributed by atoms with Gasteiger partial charge < -0.3 is 14.8 Å². The lowest BCUT2D eigenvalue weighted by molar-refractivity contribution is 0.102. The van der Waals surface area contributed by atoms with Crippen LogP contribution in [0.5, 0.6) is 11.5 Å². The molecule has 1 N–H and O–H groups in total. The molecule has 2 heterocycles. The molecule has 0 spiro atoms. The number of aryl methyl sites for hydroxylation is 2. The van der Waals surface area contributed by atoms with Gasteiger partial charge in [-0.15, -0.1) is 11.3 Å². The number of nitrogens with zero attached hydrogens (tertiary/aromatic N) is 2. The number of carbonyl (C=O) groups excluding carboxylic acids is 1. The highest BCUT2D eigenvalue weighted by Crippen LogP contribution is 2.28. The van der Waals surface area contributed by atoms with E-state index in [1.807, 2.05) is 12.3 Å². The first kappa shape index (κ1) is 17.9. The van der Waals surface area contributed by atoms with Crippen LogP contribution in [0.2, 0.25) is 0 Å². The summed E-state index contributed by atoms with van der Waals surface area (Å²) in [4.78, 5) is 30.5. The van der Waals surface area contributed by atoms with Crippen molar-refractivity contribution in [1.82, 2.24) is 9.38 Å². The number of fused-ring (bicyclic) bond motifs is 1. The van der Waals surface area contributed by atoms with Crippen LogP contribution in [0.15, 0.2) is 28.4 Å². The normalized spacial score (nSPS) is 10.8. The van der Waals surface area contributed by atoms with Crippen molar-refractivity contribution in [3.8, 4) is 11.5 Å². The van der Waals surface area contributed by atoms with Crippen LogP contribution in [-0.4, -0.2) is 29.5 Å². The summed E-state index contributed by atoms with van der Waals surface area (Å²) in [5.41, 5.74) is 1.60. The Labute approximate surface area is 154 Å². The Balaban J connectivity index is 2.01. The molecular weight excluding hydrogens is 354 g/mol. The topological polar surface area (TPSA) is 81.9 Å². The van der Waals surface area contributed by atoms with Gasteiger partial charge in [0.15, 0.2) is 16.5 Å². The lowest BCUT2D eigenvalue weighted by Gasteiger charge is -2.11. The molecule has 0 aliphatic heterocycles. The molecule has 0 saturated carbocycles. The first-order chi connectivity index (χ1) is 12.5. The first-order valence-electron chi connectivity index (χ1n) is 8.03. The Hall–Kier alpha value is -2.87. The summed E-state index contributed by atoms with van der Waals surface area (Å²) >= 11 is 1.41. The third-order valence-electron chi connectivity index (χ3n) is 4.07. The van der Waals surface area contributed by atoms with E-state index in [0.717, 1.165) is 5.69 Å². The van der Waals surface area contributed by atoms with E-state index in [0.29, 0.717) is 34.1 Å². The van der Waals surface area contributed by atoms with Gasteiger partial charge in [0.05, 0.1) is 19.9 Å². The minimum atomic E-state index is -0.416. The maximum absolute atomic E-state index is 12.9. The molecule has 0 fully saturated rings. The van der Waals surface area contributed by atoms with E-state index in [1.54, 1.807) is 29.5 Å². The number of hydrogen-bond donors (Lipinski definition) is 1. The van der Waals surface area contributed by atoms with Crippen molar-refractivity contribution < 1.29 is 14.3 Å². The highest BCUT2D eigenvalue weighted by molar-refractivity contribution is 7.15. The van der Waals surface area contributed by atoms with E-state index in [9.17, 15) is 9.59 Å². The summed E-state index contributed by atoms with van der Waals surface area (Å²) in [6.07, 6.45) is 0.702. The zero-order valence-corrected chi connectivity index (χ0v) is 15.8. The fraction of sp³-hybridized carbons (Fsp3) is 0.278. The molecule has 3 aromatic rings. The average molecular weight is 373 g/mol. The van der Waals surface area contributed by atoms with Crippen LogP contribution in [-0.2, 0) is 6.42 Å². The molecule has 1 aromatic carbocycles. The predicted octanol–water partition coefficient (Wildman–Crippen LogP) is 2.90. The van der Waals surface area contributed by atoms with Crippen molar-refractivity contribution >= 4 is 27.9 Å². The number of rotatable bonds is 5. The molecule has 0 atom stereocenters. The highest BCUT2D eigenvalue weighted by Gasteiger charge is 2.17. The number of hydrogen-bond acceptors (Lipinski definition) is 6. The zero-order chi connectivity index (χ0) is 18.8. The summed E-state index contributed by atoms with van der Waals surface area (Å²) in [5.74, 6) is 0.545. The summed E-state index contributed by atoms with van der Waals surface area (Å²) in [6, 6.07) is 4.82. The van der Waals surface area contributed by atoms with E-state index in [-0.39, 0.29) is 11.2 Å². The van der Waals surface area contributed by atoms with Gasteiger partial charge in [-0.05, 0) is 31.5 Å². The number of ether oxygens (including phenoxy) is 2. The average Bonchev–Trinajstić information content (AvgIpc) is 3.07. The summed E-state index contributed by atoms with van der Waals surface area (Å²) < 4.78 is 11.9. The molecule has 0 aliphatic rings. The molecule has 0 aliphatic carbocycles. The third kappa shape index (κ3) is 3.03. The summed E-state index contributed by atoms with van der Waals surface area (Å²) in [6.45, 7) is 3.67. The van der Waals surface area contributed by atoms with E-state index < -0.39 is 5.91 Å². The second-order valence-corrected chi connectivity index (χ2v) is 6.44. The lowest BCUT2D eigenvalue weighted by Crippen LogP contribution is -2.25. The minimum Gasteiger partial charge on any atom is -0.493 e. The number of anilines is 1. The Bertz CT molecular complexity index is 1040. The molecule has 0 unspecified atom stereocenters. The maximum Gasteiger partial charge on any atom is 0.282 e. The van der Waals surface area contributed by atoms with Gasteiger partial charge in [0.2, 0.25) is 0 Å². The SMILES string of the molecule is CCc1csc2nc(C)c(NC(=O)c3ccc(OC)c(OC)c3)c(=O)n12. The Morgan fingerprint density at radius 1 is 1.27 bits per heavy atom. The molecule has 0 radical (unpaired) electrons. The second kappa shape index (κ2) is 7.17. The first-order valence-corrected chi connectivity index (χ1v) is 8.91. The number of amides is 1. The number of aromatic nitrogens is 2. The van der Waals surface area contributed by atoms with Crippen LogP contribution in [0.1, 0.15) is 28.7 Å². The van der Waals surface area contributed by atoms with E-state index >= 15 is 0 Å². The van der Waals surface area contributed by atoms with Crippen LogP contribution in [0, 0.1) is 6.92 Å². The van der Waals surface area contributed by atoms with Gasteiger partial charge in [-0.1, -0.05) is 6.92 Å². The fourth-order valence-corrected chi connectivity index (χ4v) is 3.67. The number of benzene rings is 1. The molecule has 0 bridgehead atoms. The summed E-state index contributed by atoms with van der Waals surface area (Å²) in [5, 5.41) is 4.60. The third-order valence-corrected chi connectivity index (χ3v) is 4.94. The van der Waals surface area contributed by atoms with Gasteiger partial charge in [-0.3, -0.25) is 14.0 Å². The van der Waals surface area contributed by atoms with Crippen LogP contribution >= 0.6 is 11.3 Å². The van der Waals surface area contributed by atoms with Gasteiger partial charge in [0, 0.05) is 16.6 Å². The quantitative estimate of drug-likeness (QED) is 0.744. The zero-order valence-electron chi connectivity index (χ0n) is 15.0. The molecule has 136 valence electrons. The van der Waals surface area contributed by atoms with Crippen molar-refractivity contribution in [3.05, 3.63) is 50.9 Å². The maximum atomic E-state index is 12.9. The fourth-order valence-electron chi connectivity index (χ4n) is 2.66. The van der Waals surface area contributed by atoms with Crippen molar-refractivity contribution in [2.24, 2.45) is 0 Å². The molecule has 2 aromatic heterocycles. The Morgan fingerprint density at radius 3 is 2.65 bits per heavy atom. The largest absolute Gasteiger partial charge is 0.493 e. The van der Waals surface area contributed by atoms with Gasteiger partial charge in [-0.25, -0.2) is 4.98 Å². The van der Waals surface area contributed by atoms with E-state index in [2.05, 4.69) is 10.3 Å². The lowest BCUT2D eigenvalue weighted by atomic mass is 10.2. The number of methoxy groups -OCH3 is 2. The van der Waals surface area contributed by atoms with Crippen LogP contribution in [0.4, 0.5) is 5.69 Å². The molecule has 3 rings (SSSR count). The van der Waals surface area contributed by atoms with Crippen LogP contribution in [0.25, 0.3) is 4.96 Å². The molecular formula is C18H19N3O4S. The van der Waals surface area contributed by atoms with Crippen LogP contribution in [0.3, 0.4) is 0 Å². The smallest absolute Gasteiger partial charge is 0.282 e. The number of carbonyl (C=O) groups is 1. The Morgan fingerprint density at radius 2 is 2.00 bits per heavy atom. The molecule has 0 saturated heterocycles. The standard InChI is InChI=1S/C18H19N3O4S/c1-5-12-9-26-18-19-10(2)15(17(23)21(12)18)20-16(22)11-6-7-13(24-3)14(8-11)25-4/h6-9H,5H2,1-4H3,(H,20,22). The van der Waals surface area contributed by atoms with Gasteiger partial charge >= 0.3 is 0 Å². The minimum absolute atomic E-state index is 0.176. The summed E-state index contributed by atoms with van der Waals surface area (Å²) in [7, 11) is 3.02.